The van der Waals surface area contributed by atoms with Crippen molar-refractivity contribution in [2.45, 2.75) is 58.6 Å². The minimum atomic E-state index is -3.33. The molecule has 0 bridgehead atoms. The summed E-state index contributed by atoms with van der Waals surface area (Å²) < 4.78 is 21.5. The first-order valence-corrected chi connectivity index (χ1v) is 10.8. The van der Waals surface area contributed by atoms with Gasteiger partial charge in [0.15, 0.2) is 0 Å². The first kappa shape index (κ1) is 21.9. The van der Waals surface area contributed by atoms with Crippen LogP contribution in [0.25, 0.3) is 0 Å². The smallest absolute Gasteiger partial charge is 0.412 e. The van der Waals surface area contributed by atoms with Crippen molar-refractivity contribution >= 4 is 19.4 Å². The fraction of sp³-hybridized carbons (Fsp3) is 0.875. The van der Waals surface area contributed by atoms with Gasteiger partial charge in [0.1, 0.15) is 6.23 Å². The van der Waals surface area contributed by atoms with Crippen LogP contribution in [0.5, 0.6) is 0 Å². The average molecular weight is 379 g/mol. The van der Waals surface area contributed by atoms with E-state index in [9.17, 15) is 24.2 Å². The van der Waals surface area contributed by atoms with Gasteiger partial charge < -0.3 is 19.5 Å². The van der Waals surface area contributed by atoms with Gasteiger partial charge in [0, 0.05) is 18.7 Å². The molecule has 1 rings (SSSR count). The second kappa shape index (κ2) is 10.8. The van der Waals surface area contributed by atoms with E-state index >= 15 is 0 Å². The second-order valence-corrected chi connectivity index (χ2v) is 9.38. The standard InChI is InChI=1S/C16H30NO7P/c1-12(2)15(19)23-11-24-16(20)17-14(18)8-9-25(21,22)10-13-6-4-3-5-7-13/h12-14,18H,3-11H2,1-2H3,(H,17,20)(H,21,22). The Morgan fingerprint density at radius 3 is 2.44 bits per heavy atom. The lowest BCUT2D eigenvalue weighted by atomic mass is 9.91. The van der Waals surface area contributed by atoms with Gasteiger partial charge >= 0.3 is 12.1 Å². The van der Waals surface area contributed by atoms with Gasteiger partial charge in [0.05, 0.1) is 5.92 Å². The van der Waals surface area contributed by atoms with Gasteiger partial charge in [-0.25, -0.2) is 4.79 Å². The number of hydrogen-bond acceptors (Lipinski definition) is 6. The minimum Gasteiger partial charge on any atom is -0.428 e. The third kappa shape index (κ3) is 9.82. The van der Waals surface area contributed by atoms with Gasteiger partial charge in [-0.05, 0) is 18.8 Å². The number of rotatable bonds is 9. The number of aliphatic hydroxyl groups excluding tert-OH is 1. The zero-order chi connectivity index (χ0) is 18.9. The Balaban J connectivity index is 2.21. The van der Waals surface area contributed by atoms with Crippen LogP contribution in [0.3, 0.4) is 0 Å². The Kier molecular flexibility index (Phi) is 9.46. The molecule has 146 valence electrons. The van der Waals surface area contributed by atoms with Gasteiger partial charge in [-0.3, -0.25) is 14.7 Å². The second-order valence-electron chi connectivity index (χ2n) is 6.87. The van der Waals surface area contributed by atoms with Crippen LogP contribution in [0, 0.1) is 11.8 Å². The van der Waals surface area contributed by atoms with E-state index in [-0.39, 0.29) is 30.6 Å². The van der Waals surface area contributed by atoms with E-state index in [4.69, 9.17) is 0 Å². The molecule has 25 heavy (non-hydrogen) atoms. The lowest BCUT2D eigenvalue weighted by Crippen LogP contribution is -2.36. The first-order chi connectivity index (χ1) is 11.7. The van der Waals surface area contributed by atoms with Crippen LogP contribution in [-0.4, -0.2) is 47.4 Å². The molecule has 0 radical (unpaired) electrons. The molecule has 0 spiro atoms. The van der Waals surface area contributed by atoms with Gasteiger partial charge in [-0.2, -0.15) is 0 Å². The first-order valence-electron chi connectivity index (χ1n) is 8.78. The van der Waals surface area contributed by atoms with E-state index in [1.165, 1.54) is 6.42 Å². The zero-order valence-corrected chi connectivity index (χ0v) is 15.9. The van der Waals surface area contributed by atoms with Crippen molar-refractivity contribution in [3.63, 3.8) is 0 Å². The van der Waals surface area contributed by atoms with Crippen molar-refractivity contribution in [1.82, 2.24) is 5.32 Å². The summed E-state index contributed by atoms with van der Waals surface area (Å²) >= 11 is 0. The molecular formula is C16H30NO7P. The summed E-state index contributed by atoms with van der Waals surface area (Å²) in [5, 5.41) is 11.9. The van der Waals surface area contributed by atoms with Gasteiger partial charge in [-0.15, -0.1) is 0 Å². The van der Waals surface area contributed by atoms with Crippen molar-refractivity contribution in [2.24, 2.45) is 11.8 Å². The van der Waals surface area contributed by atoms with Crippen molar-refractivity contribution in [3.05, 3.63) is 0 Å². The average Bonchev–Trinajstić information content (AvgIpc) is 2.53. The van der Waals surface area contributed by atoms with E-state index < -0.39 is 32.5 Å². The van der Waals surface area contributed by atoms with Crippen LogP contribution >= 0.6 is 7.37 Å². The molecule has 1 fully saturated rings. The van der Waals surface area contributed by atoms with Crippen LogP contribution < -0.4 is 5.32 Å². The Labute approximate surface area is 148 Å². The SMILES string of the molecule is CC(C)C(=O)OCOC(=O)NC(O)CCP(=O)(O)CC1CCCCC1. The van der Waals surface area contributed by atoms with Crippen molar-refractivity contribution in [1.29, 1.82) is 0 Å². The van der Waals surface area contributed by atoms with E-state index in [1.54, 1.807) is 13.8 Å². The highest BCUT2D eigenvalue weighted by Crippen LogP contribution is 2.46. The molecule has 0 aliphatic heterocycles. The summed E-state index contributed by atoms with van der Waals surface area (Å²) in [6, 6.07) is 0. The maximum Gasteiger partial charge on any atom is 0.412 e. The Hall–Kier alpha value is -1.11. The normalized spacial score (nSPS) is 19.1. The molecule has 0 saturated heterocycles. The Morgan fingerprint density at radius 1 is 1.20 bits per heavy atom. The summed E-state index contributed by atoms with van der Waals surface area (Å²) in [5.74, 6) is -0.562. The molecule has 1 aliphatic rings. The molecule has 0 heterocycles. The van der Waals surface area contributed by atoms with E-state index in [1.807, 2.05) is 0 Å². The third-order valence-electron chi connectivity index (χ3n) is 4.17. The summed E-state index contributed by atoms with van der Waals surface area (Å²) in [5.41, 5.74) is 0. The molecule has 1 saturated carbocycles. The molecule has 3 N–H and O–H groups in total. The summed E-state index contributed by atoms with van der Waals surface area (Å²) in [6.07, 6.45) is 3.26. The molecule has 1 amide bonds. The van der Waals surface area contributed by atoms with Crippen molar-refractivity contribution < 1.29 is 33.6 Å². The molecule has 8 nitrogen and oxygen atoms in total. The molecule has 1 aliphatic carbocycles. The van der Waals surface area contributed by atoms with E-state index in [0.29, 0.717) is 0 Å². The maximum absolute atomic E-state index is 12.2. The number of carbonyl (C=O) groups excluding carboxylic acids is 2. The number of nitrogens with one attached hydrogen (secondary N) is 1. The maximum atomic E-state index is 12.2. The third-order valence-corrected chi connectivity index (χ3v) is 6.21. The van der Waals surface area contributed by atoms with E-state index in [2.05, 4.69) is 14.8 Å². The molecule has 0 aromatic carbocycles. The number of hydrogen-bond donors (Lipinski definition) is 3. The fourth-order valence-corrected chi connectivity index (χ4v) is 4.75. The van der Waals surface area contributed by atoms with Crippen LogP contribution in [0.15, 0.2) is 0 Å². The molecule has 0 aromatic heterocycles. The molecular weight excluding hydrogens is 349 g/mol. The van der Waals surface area contributed by atoms with Crippen molar-refractivity contribution in [3.8, 4) is 0 Å². The highest BCUT2D eigenvalue weighted by Gasteiger charge is 2.26. The zero-order valence-electron chi connectivity index (χ0n) is 15.0. The number of aliphatic hydroxyl groups is 1. The molecule has 2 atom stereocenters. The largest absolute Gasteiger partial charge is 0.428 e. The van der Waals surface area contributed by atoms with E-state index in [0.717, 1.165) is 25.7 Å². The van der Waals surface area contributed by atoms with Crippen LogP contribution in [-0.2, 0) is 18.8 Å². The fourth-order valence-electron chi connectivity index (χ4n) is 2.75. The summed E-state index contributed by atoms with van der Waals surface area (Å²) in [6.45, 7) is 2.75. The predicted octanol–water partition coefficient (Wildman–Crippen LogP) is 2.43. The molecule has 2 unspecified atom stereocenters. The van der Waals surface area contributed by atoms with Crippen LogP contribution in [0.4, 0.5) is 4.79 Å². The lowest BCUT2D eigenvalue weighted by molar-refractivity contribution is -0.155. The van der Waals surface area contributed by atoms with Gasteiger partial charge in [0.25, 0.3) is 0 Å². The summed E-state index contributed by atoms with van der Waals surface area (Å²) in [4.78, 5) is 32.7. The van der Waals surface area contributed by atoms with Crippen molar-refractivity contribution in [2.75, 3.05) is 19.1 Å². The number of alkyl carbamates (subject to hydrolysis) is 1. The molecule has 9 heteroatoms. The van der Waals surface area contributed by atoms with Crippen LogP contribution in [0.2, 0.25) is 0 Å². The Morgan fingerprint density at radius 2 is 1.84 bits per heavy atom. The number of carbonyl (C=O) groups is 2. The minimum absolute atomic E-state index is 0.0403. The number of esters is 1. The highest BCUT2D eigenvalue weighted by molar-refractivity contribution is 7.58. The van der Waals surface area contributed by atoms with Crippen LogP contribution in [0.1, 0.15) is 52.4 Å². The van der Waals surface area contributed by atoms with Gasteiger partial charge in [0.2, 0.25) is 14.2 Å². The highest BCUT2D eigenvalue weighted by atomic mass is 31.2. The molecule has 0 aromatic rings. The lowest BCUT2D eigenvalue weighted by Gasteiger charge is -2.24. The Bertz CT molecular complexity index is 477. The number of amides is 1. The topological polar surface area (TPSA) is 122 Å². The summed E-state index contributed by atoms with van der Waals surface area (Å²) in [7, 11) is -3.33. The number of ether oxygens (including phenoxy) is 2. The predicted molar refractivity (Wildman–Crippen MR) is 92.2 cm³/mol. The monoisotopic (exact) mass is 379 g/mol. The van der Waals surface area contributed by atoms with Gasteiger partial charge in [-0.1, -0.05) is 33.1 Å². The quantitative estimate of drug-likeness (QED) is 0.319.